The monoisotopic (exact) mass is 483 g/mol. The normalized spacial score (nSPS) is 17.9. The molecule has 3 N–H and O–H groups in total. The lowest BCUT2D eigenvalue weighted by Gasteiger charge is -2.27. The maximum atomic E-state index is 14.9. The Balaban J connectivity index is 1.32. The van der Waals surface area contributed by atoms with Crippen LogP contribution in [0.15, 0.2) is 42.5 Å². The first-order chi connectivity index (χ1) is 16.9. The second-order valence-corrected chi connectivity index (χ2v) is 8.65. The molecule has 2 saturated heterocycles. The van der Waals surface area contributed by atoms with E-state index in [-0.39, 0.29) is 31.4 Å². The molecule has 0 aliphatic carbocycles. The lowest BCUT2D eigenvalue weighted by Crippen LogP contribution is -2.48. The van der Waals surface area contributed by atoms with Gasteiger partial charge in [0.15, 0.2) is 0 Å². The first kappa shape index (κ1) is 24.6. The van der Waals surface area contributed by atoms with Crippen LogP contribution in [-0.4, -0.2) is 74.7 Å². The van der Waals surface area contributed by atoms with Gasteiger partial charge in [-0.3, -0.25) is 14.5 Å². The Morgan fingerprint density at radius 3 is 2.57 bits per heavy atom. The number of hydrogen-bond acceptors (Lipinski definition) is 6. The summed E-state index contributed by atoms with van der Waals surface area (Å²) in [5.41, 5.74) is 2.52. The number of ether oxygens (including phenoxy) is 1. The average molecular weight is 484 g/mol. The van der Waals surface area contributed by atoms with Crippen LogP contribution in [0, 0.1) is 5.82 Å². The minimum atomic E-state index is -0.570. The molecule has 2 aliphatic rings. The molecular formula is C25H30FN5O4. The summed E-state index contributed by atoms with van der Waals surface area (Å²) in [6.07, 6.45) is -1.05. The largest absolute Gasteiger partial charge is 0.442 e. The van der Waals surface area contributed by atoms with Gasteiger partial charge in [-0.05, 0) is 29.3 Å². The summed E-state index contributed by atoms with van der Waals surface area (Å²) < 4.78 is 20.2. The standard InChI is InChI=1S/C25H30FN5O4/c1-17(32)29-14-21-16-31(25(34)35-21)20-6-7-22(23(26)12-20)19-4-2-18(3-5-19)13-28-15-24(33)30-10-8-27-9-11-30/h2-7,12,21,27-28H,8-11,13-16H2,1H3,(H,29,32)/t21-/m0/s1. The fourth-order valence-electron chi connectivity index (χ4n) is 4.14. The molecule has 0 spiro atoms. The molecule has 0 aromatic heterocycles. The second-order valence-electron chi connectivity index (χ2n) is 8.65. The fraction of sp³-hybridized carbons (Fsp3) is 0.400. The number of benzene rings is 2. The van der Waals surface area contributed by atoms with Gasteiger partial charge in [0.1, 0.15) is 11.9 Å². The Morgan fingerprint density at radius 1 is 1.14 bits per heavy atom. The Labute approximate surface area is 203 Å². The topological polar surface area (TPSA) is 103 Å². The zero-order valence-electron chi connectivity index (χ0n) is 19.7. The molecule has 35 heavy (non-hydrogen) atoms. The van der Waals surface area contributed by atoms with Crippen LogP contribution in [0.1, 0.15) is 12.5 Å². The molecule has 0 radical (unpaired) electrons. The molecule has 2 aliphatic heterocycles. The zero-order valence-corrected chi connectivity index (χ0v) is 19.7. The number of anilines is 1. The Morgan fingerprint density at radius 2 is 1.89 bits per heavy atom. The van der Waals surface area contributed by atoms with Gasteiger partial charge in [0.25, 0.3) is 0 Å². The van der Waals surface area contributed by atoms with Gasteiger partial charge in [-0.25, -0.2) is 9.18 Å². The van der Waals surface area contributed by atoms with Gasteiger partial charge < -0.3 is 25.6 Å². The van der Waals surface area contributed by atoms with Gasteiger partial charge in [0.05, 0.1) is 25.3 Å². The molecule has 2 heterocycles. The maximum absolute atomic E-state index is 14.9. The second kappa shape index (κ2) is 11.3. The van der Waals surface area contributed by atoms with Gasteiger partial charge in [-0.15, -0.1) is 0 Å². The summed E-state index contributed by atoms with van der Waals surface area (Å²) in [5, 5.41) is 9.02. The quantitative estimate of drug-likeness (QED) is 0.526. The van der Waals surface area contributed by atoms with Gasteiger partial charge in [0, 0.05) is 45.2 Å². The highest BCUT2D eigenvalue weighted by molar-refractivity contribution is 5.90. The highest BCUT2D eigenvalue weighted by Crippen LogP contribution is 2.29. The Hall–Kier alpha value is -3.50. The average Bonchev–Trinajstić information content (AvgIpc) is 3.24. The summed E-state index contributed by atoms with van der Waals surface area (Å²) in [6.45, 7) is 5.77. The molecule has 2 aromatic rings. The van der Waals surface area contributed by atoms with Crippen molar-refractivity contribution in [3.8, 4) is 11.1 Å². The van der Waals surface area contributed by atoms with Crippen molar-refractivity contribution in [1.82, 2.24) is 20.9 Å². The van der Waals surface area contributed by atoms with Gasteiger partial charge in [-0.2, -0.15) is 0 Å². The summed E-state index contributed by atoms with van der Waals surface area (Å²) in [4.78, 5) is 38.7. The smallest absolute Gasteiger partial charge is 0.414 e. The maximum Gasteiger partial charge on any atom is 0.414 e. The predicted molar refractivity (Wildman–Crippen MR) is 129 cm³/mol. The third-order valence-corrected chi connectivity index (χ3v) is 6.06. The van der Waals surface area contributed by atoms with Crippen LogP contribution < -0.4 is 20.9 Å². The third-order valence-electron chi connectivity index (χ3n) is 6.06. The molecule has 3 amide bonds. The van der Waals surface area contributed by atoms with Crippen LogP contribution in [0.25, 0.3) is 11.1 Å². The molecule has 1 atom stereocenters. The van der Waals surface area contributed by atoms with Crippen LogP contribution in [0.5, 0.6) is 0 Å². The molecule has 0 saturated carbocycles. The van der Waals surface area contributed by atoms with E-state index in [1.54, 1.807) is 12.1 Å². The number of rotatable bonds is 8. The van der Waals surface area contributed by atoms with Gasteiger partial charge >= 0.3 is 6.09 Å². The molecule has 2 fully saturated rings. The van der Waals surface area contributed by atoms with Crippen molar-refractivity contribution in [3.05, 3.63) is 53.8 Å². The predicted octanol–water partition coefficient (Wildman–Crippen LogP) is 1.48. The molecular weight excluding hydrogens is 453 g/mol. The first-order valence-electron chi connectivity index (χ1n) is 11.7. The van der Waals surface area contributed by atoms with Crippen molar-refractivity contribution < 1.29 is 23.5 Å². The van der Waals surface area contributed by atoms with E-state index in [0.717, 1.165) is 31.7 Å². The van der Waals surface area contributed by atoms with Crippen LogP contribution >= 0.6 is 0 Å². The lowest BCUT2D eigenvalue weighted by molar-refractivity contribution is -0.130. The van der Waals surface area contributed by atoms with E-state index >= 15 is 0 Å². The van der Waals surface area contributed by atoms with Crippen molar-refractivity contribution >= 4 is 23.6 Å². The molecule has 4 rings (SSSR count). The van der Waals surface area contributed by atoms with E-state index < -0.39 is 18.0 Å². The van der Waals surface area contributed by atoms with E-state index in [1.165, 1.54) is 17.9 Å². The van der Waals surface area contributed by atoms with Crippen molar-refractivity contribution in [3.63, 3.8) is 0 Å². The van der Waals surface area contributed by atoms with Crippen molar-refractivity contribution in [2.45, 2.75) is 19.6 Å². The molecule has 9 nitrogen and oxygen atoms in total. The molecule has 0 bridgehead atoms. The number of piperazine rings is 1. The van der Waals surface area contributed by atoms with Crippen molar-refractivity contribution in [1.29, 1.82) is 0 Å². The Kier molecular flexibility index (Phi) is 7.94. The van der Waals surface area contributed by atoms with Crippen LogP contribution in [0.3, 0.4) is 0 Å². The molecule has 0 unspecified atom stereocenters. The number of carbonyl (C=O) groups is 3. The third kappa shape index (κ3) is 6.34. The first-order valence-corrected chi connectivity index (χ1v) is 11.7. The molecule has 10 heteroatoms. The highest BCUT2D eigenvalue weighted by Gasteiger charge is 2.32. The van der Waals surface area contributed by atoms with E-state index in [2.05, 4.69) is 16.0 Å². The molecule has 186 valence electrons. The number of nitrogens with one attached hydrogen (secondary N) is 3. The van der Waals surface area contributed by atoms with E-state index in [9.17, 15) is 18.8 Å². The number of amides is 3. The minimum Gasteiger partial charge on any atom is -0.442 e. The van der Waals surface area contributed by atoms with Crippen molar-refractivity contribution in [2.24, 2.45) is 0 Å². The van der Waals surface area contributed by atoms with E-state index in [1.807, 2.05) is 29.2 Å². The minimum absolute atomic E-state index is 0.0913. The van der Waals surface area contributed by atoms with Crippen molar-refractivity contribution in [2.75, 3.05) is 50.7 Å². The number of nitrogens with zero attached hydrogens (tertiary/aromatic N) is 2. The van der Waals surface area contributed by atoms with Crippen LogP contribution in [0.4, 0.5) is 14.9 Å². The number of cyclic esters (lactones) is 1. The summed E-state index contributed by atoms with van der Waals surface area (Å²) in [5.74, 6) is -0.567. The number of carbonyl (C=O) groups excluding carboxylic acids is 3. The van der Waals surface area contributed by atoms with Gasteiger partial charge in [0.2, 0.25) is 11.8 Å². The summed E-state index contributed by atoms with van der Waals surface area (Å²) in [7, 11) is 0. The zero-order chi connectivity index (χ0) is 24.8. The van der Waals surface area contributed by atoms with E-state index in [4.69, 9.17) is 4.74 Å². The fourth-order valence-corrected chi connectivity index (χ4v) is 4.14. The van der Waals surface area contributed by atoms with Gasteiger partial charge in [-0.1, -0.05) is 24.3 Å². The lowest BCUT2D eigenvalue weighted by atomic mass is 10.0. The summed E-state index contributed by atoms with van der Waals surface area (Å²) in [6, 6.07) is 12.1. The highest BCUT2D eigenvalue weighted by atomic mass is 19.1. The van der Waals surface area contributed by atoms with Crippen LogP contribution in [0.2, 0.25) is 0 Å². The SMILES string of the molecule is CC(=O)NC[C@H]1CN(c2ccc(-c3ccc(CNCC(=O)N4CCNCC4)cc3)c(F)c2)C(=O)O1. The van der Waals surface area contributed by atoms with Crippen LogP contribution in [-0.2, 0) is 20.9 Å². The van der Waals surface area contributed by atoms with E-state index in [0.29, 0.717) is 23.4 Å². The number of hydrogen-bond donors (Lipinski definition) is 3. The Bertz CT molecular complexity index is 1070. The number of halogens is 1. The summed E-state index contributed by atoms with van der Waals surface area (Å²) >= 11 is 0. The molecule has 2 aromatic carbocycles.